The van der Waals surface area contributed by atoms with Crippen molar-refractivity contribution in [1.82, 2.24) is 5.32 Å². The van der Waals surface area contributed by atoms with E-state index in [1.165, 1.54) is 25.7 Å². The van der Waals surface area contributed by atoms with Crippen molar-refractivity contribution in [2.24, 2.45) is 23.3 Å². The number of hydrogen-bond acceptors (Lipinski definition) is 3. The van der Waals surface area contributed by atoms with E-state index in [2.05, 4.69) is 19.2 Å². The lowest BCUT2D eigenvalue weighted by Crippen LogP contribution is -2.50. The first kappa shape index (κ1) is 13.5. The van der Waals surface area contributed by atoms with Gasteiger partial charge in [-0.2, -0.15) is 0 Å². The number of amides is 1. The summed E-state index contributed by atoms with van der Waals surface area (Å²) >= 11 is 0. The van der Waals surface area contributed by atoms with E-state index in [4.69, 9.17) is 11.5 Å². The van der Waals surface area contributed by atoms with Gasteiger partial charge in [-0.05, 0) is 24.7 Å². The number of primary amides is 1. The van der Waals surface area contributed by atoms with Crippen molar-refractivity contribution in [3.8, 4) is 0 Å². The first-order chi connectivity index (χ1) is 7.52. The quantitative estimate of drug-likeness (QED) is 0.643. The number of carbonyl (C=O) groups is 1. The molecular weight excluding hydrogens is 202 g/mol. The number of rotatable bonds is 5. The lowest BCUT2D eigenvalue weighted by molar-refractivity contribution is -0.119. The zero-order valence-electron chi connectivity index (χ0n) is 10.4. The predicted octanol–water partition coefficient (Wildman–Crippen LogP) is 0.603. The summed E-state index contributed by atoms with van der Waals surface area (Å²) in [6.07, 6.45) is 5.06. The van der Waals surface area contributed by atoms with Gasteiger partial charge < -0.3 is 16.8 Å². The molecule has 1 aliphatic rings. The molecule has 1 amide bonds. The van der Waals surface area contributed by atoms with Crippen LogP contribution in [0.2, 0.25) is 0 Å². The maximum absolute atomic E-state index is 10.8. The third-order valence-electron chi connectivity index (χ3n) is 3.64. The Kier molecular flexibility index (Phi) is 5.22. The molecule has 0 aromatic rings. The second kappa shape index (κ2) is 6.21. The summed E-state index contributed by atoms with van der Waals surface area (Å²) < 4.78 is 0. The molecular formula is C12H25N3O. The zero-order chi connectivity index (χ0) is 12.1. The van der Waals surface area contributed by atoms with E-state index in [9.17, 15) is 4.79 Å². The van der Waals surface area contributed by atoms with E-state index >= 15 is 0 Å². The van der Waals surface area contributed by atoms with Crippen molar-refractivity contribution >= 4 is 5.91 Å². The van der Waals surface area contributed by atoms with Gasteiger partial charge in [0.25, 0.3) is 0 Å². The van der Waals surface area contributed by atoms with Crippen LogP contribution in [0.5, 0.6) is 0 Å². The van der Waals surface area contributed by atoms with Crippen LogP contribution in [0.4, 0.5) is 0 Å². The largest absolute Gasteiger partial charge is 0.368 e. The van der Waals surface area contributed by atoms with Crippen LogP contribution < -0.4 is 16.8 Å². The van der Waals surface area contributed by atoms with Crippen LogP contribution in [-0.2, 0) is 4.79 Å². The van der Waals surface area contributed by atoms with E-state index in [1.807, 2.05) is 0 Å². The molecule has 4 nitrogen and oxygen atoms in total. The molecule has 1 fully saturated rings. The summed E-state index contributed by atoms with van der Waals surface area (Å²) in [4.78, 5) is 10.8. The Bertz CT molecular complexity index is 230. The summed E-state index contributed by atoms with van der Waals surface area (Å²) in [5.74, 6) is 0.959. The number of carbonyl (C=O) groups excluding carboxylic acids is 1. The molecule has 0 spiro atoms. The van der Waals surface area contributed by atoms with Crippen molar-refractivity contribution < 1.29 is 4.79 Å². The third kappa shape index (κ3) is 3.76. The van der Waals surface area contributed by atoms with E-state index in [-0.39, 0.29) is 0 Å². The van der Waals surface area contributed by atoms with E-state index in [1.54, 1.807) is 0 Å². The van der Waals surface area contributed by atoms with Crippen LogP contribution in [0.25, 0.3) is 0 Å². The first-order valence-electron chi connectivity index (χ1n) is 6.30. The molecule has 1 aliphatic carbocycles. The highest BCUT2D eigenvalue weighted by Gasteiger charge is 2.27. The Balaban J connectivity index is 2.41. The second-order valence-corrected chi connectivity index (χ2v) is 5.22. The third-order valence-corrected chi connectivity index (χ3v) is 3.64. The molecule has 3 atom stereocenters. The Morgan fingerprint density at radius 3 is 2.56 bits per heavy atom. The van der Waals surface area contributed by atoms with Crippen LogP contribution >= 0.6 is 0 Å². The van der Waals surface area contributed by atoms with Gasteiger partial charge in [-0.25, -0.2) is 0 Å². The molecule has 4 heteroatoms. The van der Waals surface area contributed by atoms with Crippen molar-refractivity contribution in [2.45, 2.75) is 51.6 Å². The summed E-state index contributed by atoms with van der Waals surface area (Å²) in [6, 6.07) is -0.0612. The highest BCUT2D eigenvalue weighted by molar-refractivity contribution is 5.79. The summed E-state index contributed by atoms with van der Waals surface area (Å²) in [5, 5.41) is 3.41. The maximum atomic E-state index is 10.8. The Labute approximate surface area is 98.1 Å². The molecule has 16 heavy (non-hydrogen) atoms. The molecule has 0 saturated heterocycles. The minimum absolute atomic E-state index is 0.426. The molecule has 5 N–H and O–H groups in total. The van der Waals surface area contributed by atoms with E-state index in [0.29, 0.717) is 24.4 Å². The van der Waals surface area contributed by atoms with Gasteiger partial charge in [-0.3, -0.25) is 4.79 Å². The molecule has 0 aromatic heterocycles. The fraction of sp³-hybridized carbons (Fsp3) is 0.917. The smallest absolute Gasteiger partial charge is 0.235 e. The minimum Gasteiger partial charge on any atom is -0.368 e. The Morgan fingerprint density at radius 2 is 2.00 bits per heavy atom. The van der Waals surface area contributed by atoms with Crippen LogP contribution in [0.15, 0.2) is 0 Å². The van der Waals surface area contributed by atoms with E-state index in [0.717, 1.165) is 0 Å². The summed E-state index contributed by atoms with van der Waals surface area (Å²) in [5.41, 5.74) is 10.8. The molecule has 94 valence electrons. The normalized spacial score (nSPS) is 28.0. The monoisotopic (exact) mass is 227 g/mol. The SMILES string of the molecule is CC(C)C1CCCCC1NCC(N)C(N)=O. The standard InChI is InChI=1S/C12H25N3O/c1-8(2)9-5-3-4-6-11(9)15-7-10(13)12(14)16/h8-11,15H,3-7,13H2,1-2H3,(H2,14,16). The van der Waals surface area contributed by atoms with Crippen molar-refractivity contribution in [1.29, 1.82) is 0 Å². The highest BCUT2D eigenvalue weighted by atomic mass is 16.1. The number of hydrogen-bond donors (Lipinski definition) is 3. The minimum atomic E-state index is -0.560. The van der Waals surface area contributed by atoms with Crippen LogP contribution in [-0.4, -0.2) is 24.5 Å². The average Bonchev–Trinajstić information content (AvgIpc) is 2.25. The summed E-state index contributed by atoms with van der Waals surface area (Å²) in [7, 11) is 0. The predicted molar refractivity (Wildman–Crippen MR) is 65.8 cm³/mol. The van der Waals surface area contributed by atoms with Crippen LogP contribution in [0.1, 0.15) is 39.5 Å². The molecule has 0 bridgehead atoms. The first-order valence-corrected chi connectivity index (χ1v) is 6.30. The molecule has 0 aromatic carbocycles. The molecule has 3 unspecified atom stereocenters. The maximum Gasteiger partial charge on any atom is 0.235 e. The Morgan fingerprint density at radius 1 is 1.38 bits per heavy atom. The Hall–Kier alpha value is -0.610. The van der Waals surface area contributed by atoms with Crippen molar-refractivity contribution in [2.75, 3.05) is 6.54 Å². The van der Waals surface area contributed by atoms with Gasteiger partial charge in [0.15, 0.2) is 0 Å². The van der Waals surface area contributed by atoms with Gasteiger partial charge in [-0.1, -0.05) is 26.7 Å². The molecule has 1 saturated carbocycles. The molecule has 0 aliphatic heterocycles. The van der Waals surface area contributed by atoms with E-state index < -0.39 is 11.9 Å². The highest BCUT2D eigenvalue weighted by Crippen LogP contribution is 2.29. The number of nitrogens with two attached hydrogens (primary N) is 2. The van der Waals surface area contributed by atoms with Gasteiger partial charge in [0.2, 0.25) is 5.91 Å². The van der Waals surface area contributed by atoms with Crippen LogP contribution in [0.3, 0.4) is 0 Å². The van der Waals surface area contributed by atoms with Crippen molar-refractivity contribution in [3.63, 3.8) is 0 Å². The topological polar surface area (TPSA) is 81.1 Å². The fourth-order valence-corrected chi connectivity index (χ4v) is 2.59. The van der Waals surface area contributed by atoms with Gasteiger partial charge in [0, 0.05) is 12.6 Å². The fourth-order valence-electron chi connectivity index (χ4n) is 2.59. The van der Waals surface area contributed by atoms with Crippen LogP contribution in [0, 0.1) is 11.8 Å². The zero-order valence-corrected chi connectivity index (χ0v) is 10.4. The van der Waals surface area contributed by atoms with Crippen molar-refractivity contribution in [3.05, 3.63) is 0 Å². The van der Waals surface area contributed by atoms with Gasteiger partial charge in [-0.15, -0.1) is 0 Å². The lowest BCUT2D eigenvalue weighted by atomic mass is 9.78. The van der Waals surface area contributed by atoms with Gasteiger partial charge >= 0.3 is 0 Å². The lowest BCUT2D eigenvalue weighted by Gasteiger charge is -2.35. The number of nitrogens with one attached hydrogen (secondary N) is 1. The molecule has 0 radical (unpaired) electrons. The second-order valence-electron chi connectivity index (χ2n) is 5.22. The van der Waals surface area contributed by atoms with Gasteiger partial charge in [0.05, 0.1) is 6.04 Å². The molecule has 0 heterocycles. The van der Waals surface area contributed by atoms with Gasteiger partial charge in [0.1, 0.15) is 0 Å². The summed E-state index contributed by atoms with van der Waals surface area (Å²) in [6.45, 7) is 5.03. The average molecular weight is 227 g/mol. The molecule has 1 rings (SSSR count).